The Morgan fingerprint density at radius 1 is 1.27 bits per heavy atom. The van der Waals surface area contributed by atoms with Gasteiger partial charge in [-0.05, 0) is 5.56 Å². The standard InChI is InChI=1S/C19H23ClN4O2/c1-12(2)10-24(19(22)26)9-8-23-14(11-24)16(18(21)25)15(17(23)20)13-6-4-3-5-7-13/h3-7,11-12,17H,8-10H2,1-2H3,(H3-,21,22,25,26)/p+1. The van der Waals surface area contributed by atoms with Gasteiger partial charge in [0.1, 0.15) is 23.9 Å². The van der Waals surface area contributed by atoms with E-state index in [0.717, 1.165) is 5.56 Å². The van der Waals surface area contributed by atoms with Crippen LogP contribution in [0.15, 0.2) is 47.8 Å². The van der Waals surface area contributed by atoms with Crippen LogP contribution in [0.3, 0.4) is 0 Å². The van der Waals surface area contributed by atoms with E-state index < -0.39 is 17.4 Å². The minimum atomic E-state index is -0.558. The fourth-order valence-corrected chi connectivity index (χ4v) is 4.29. The third-order valence-corrected chi connectivity index (χ3v) is 5.37. The average molecular weight is 376 g/mol. The predicted molar refractivity (Wildman–Crippen MR) is 101 cm³/mol. The fourth-order valence-electron chi connectivity index (χ4n) is 3.85. The third kappa shape index (κ3) is 2.99. The smallest absolute Gasteiger partial charge is 0.366 e. The number of hydrogen-bond acceptors (Lipinski definition) is 3. The first-order valence-electron chi connectivity index (χ1n) is 8.67. The van der Waals surface area contributed by atoms with Crippen molar-refractivity contribution in [3.63, 3.8) is 0 Å². The van der Waals surface area contributed by atoms with E-state index in [1.807, 2.05) is 49.1 Å². The first-order chi connectivity index (χ1) is 12.3. The van der Waals surface area contributed by atoms with Crippen LogP contribution in [-0.4, -0.2) is 46.5 Å². The van der Waals surface area contributed by atoms with Crippen molar-refractivity contribution in [2.75, 3.05) is 19.6 Å². The Bertz CT molecular complexity index is 803. The second kappa shape index (κ2) is 6.78. The molecule has 138 valence electrons. The van der Waals surface area contributed by atoms with Crippen molar-refractivity contribution in [3.8, 4) is 0 Å². The molecule has 0 spiro atoms. The summed E-state index contributed by atoms with van der Waals surface area (Å²) in [4.78, 5) is 26.5. The summed E-state index contributed by atoms with van der Waals surface area (Å²) in [5.41, 5.74) is 13.4. The first kappa shape index (κ1) is 18.5. The highest BCUT2D eigenvalue weighted by atomic mass is 35.5. The molecule has 3 amide bonds. The fraction of sp³-hybridized carbons (Fsp3) is 0.368. The lowest BCUT2D eigenvalue weighted by molar-refractivity contribution is -0.804. The van der Waals surface area contributed by atoms with Crippen molar-refractivity contribution in [1.82, 2.24) is 4.90 Å². The van der Waals surface area contributed by atoms with E-state index in [2.05, 4.69) is 0 Å². The largest absolute Gasteiger partial charge is 0.418 e. The van der Waals surface area contributed by atoms with Gasteiger partial charge in [-0.3, -0.25) is 4.79 Å². The molecule has 7 heteroatoms. The Balaban J connectivity index is 2.19. The van der Waals surface area contributed by atoms with Crippen molar-refractivity contribution in [3.05, 3.63) is 53.4 Å². The number of fused-ring (bicyclic) bond motifs is 1. The topological polar surface area (TPSA) is 89.4 Å². The molecule has 6 nitrogen and oxygen atoms in total. The van der Waals surface area contributed by atoms with Crippen LogP contribution in [0.2, 0.25) is 0 Å². The second-order valence-corrected chi connectivity index (χ2v) is 7.65. The van der Waals surface area contributed by atoms with Gasteiger partial charge in [0, 0.05) is 11.5 Å². The maximum absolute atomic E-state index is 12.3. The molecule has 0 aliphatic carbocycles. The second-order valence-electron chi connectivity index (χ2n) is 7.23. The van der Waals surface area contributed by atoms with E-state index in [1.54, 1.807) is 6.20 Å². The summed E-state index contributed by atoms with van der Waals surface area (Å²) in [6.45, 7) is 5.66. The lowest BCUT2D eigenvalue weighted by Gasteiger charge is -2.39. The van der Waals surface area contributed by atoms with Crippen molar-refractivity contribution in [2.24, 2.45) is 17.4 Å². The number of nitrogens with zero attached hydrogens (tertiary/aromatic N) is 2. The molecule has 0 bridgehead atoms. The minimum Gasteiger partial charge on any atom is -0.366 e. The summed E-state index contributed by atoms with van der Waals surface area (Å²) in [7, 11) is 0. The molecule has 2 aliphatic heterocycles. The van der Waals surface area contributed by atoms with E-state index in [0.29, 0.717) is 36.5 Å². The summed E-state index contributed by atoms with van der Waals surface area (Å²) in [5.74, 6) is -0.300. The highest BCUT2D eigenvalue weighted by Crippen LogP contribution is 2.43. The van der Waals surface area contributed by atoms with E-state index in [1.165, 1.54) is 0 Å². The van der Waals surface area contributed by atoms with Crippen LogP contribution in [0.1, 0.15) is 19.4 Å². The highest BCUT2D eigenvalue weighted by Gasteiger charge is 2.47. The normalized spacial score (nSPS) is 25.3. The van der Waals surface area contributed by atoms with Crippen LogP contribution < -0.4 is 11.5 Å². The zero-order chi connectivity index (χ0) is 19.1. The number of rotatable bonds is 4. The highest BCUT2D eigenvalue weighted by molar-refractivity contribution is 6.29. The monoisotopic (exact) mass is 375 g/mol. The summed E-state index contributed by atoms with van der Waals surface area (Å²) in [5, 5.41) is 0. The van der Waals surface area contributed by atoms with Gasteiger partial charge in [0.2, 0.25) is 0 Å². The molecule has 4 N–H and O–H groups in total. The Hall–Kier alpha value is -2.31. The number of carbonyl (C=O) groups is 2. The number of halogens is 1. The Morgan fingerprint density at radius 2 is 1.92 bits per heavy atom. The van der Waals surface area contributed by atoms with Crippen molar-refractivity contribution < 1.29 is 14.1 Å². The first-order valence-corrected chi connectivity index (χ1v) is 9.10. The quantitative estimate of drug-likeness (QED) is 0.480. The predicted octanol–water partition coefficient (Wildman–Crippen LogP) is 2.21. The van der Waals surface area contributed by atoms with Gasteiger partial charge in [0.25, 0.3) is 5.91 Å². The van der Waals surface area contributed by atoms with Crippen LogP contribution in [0, 0.1) is 5.92 Å². The molecule has 2 heterocycles. The molecule has 1 aromatic carbocycles. The van der Waals surface area contributed by atoms with Crippen LogP contribution in [-0.2, 0) is 4.79 Å². The molecule has 1 aromatic rings. The minimum absolute atomic E-state index is 0.00798. The van der Waals surface area contributed by atoms with Crippen LogP contribution in [0.4, 0.5) is 4.79 Å². The number of primary amides is 2. The summed E-state index contributed by atoms with van der Waals surface area (Å²) in [6.07, 6.45) is 1.76. The maximum Gasteiger partial charge on any atom is 0.418 e. The number of quaternary nitrogens is 1. The van der Waals surface area contributed by atoms with Crippen molar-refractivity contribution >= 4 is 29.1 Å². The van der Waals surface area contributed by atoms with Crippen LogP contribution in [0.5, 0.6) is 0 Å². The van der Waals surface area contributed by atoms with Gasteiger partial charge in [-0.2, -0.15) is 0 Å². The number of nitrogens with two attached hydrogens (primary N) is 2. The van der Waals surface area contributed by atoms with E-state index in [4.69, 9.17) is 23.1 Å². The zero-order valence-corrected chi connectivity index (χ0v) is 15.7. The molecular formula is C19H24ClN4O2+. The lowest BCUT2D eigenvalue weighted by atomic mass is 10.0. The molecule has 0 aromatic heterocycles. The molecule has 2 unspecified atom stereocenters. The summed E-state index contributed by atoms with van der Waals surface area (Å²) >= 11 is 6.70. The van der Waals surface area contributed by atoms with Gasteiger partial charge in [-0.1, -0.05) is 55.8 Å². The summed E-state index contributed by atoms with van der Waals surface area (Å²) in [6, 6.07) is 9.04. The zero-order valence-electron chi connectivity index (χ0n) is 15.0. The summed E-state index contributed by atoms with van der Waals surface area (Å²) < 4.78 is -0.00798. The molecule has 0 fully saturated rings. The van der Waals surface area contributed by atoms with Gasteiger partial charge in [-0.25, -0.2) is 9.28 Å². The van der Waals surface area contributed by atoms with Gasteiger partial charge >= 0.3 is 6.03 Å². The van der Waals surface area contributed by atoms with E-state index in [9.17, 15) is 9.59 Å². The Kier molecular flexibility index (Phi) is 4.82. The number of carbonyl (C=O) groups excluding carboxylic acids is 2. The molecule has 0 saturated heterocycles. The number of hydrogen-bond donors (Lipinski definition) is 2. The number of benzene rings is 1. The van der Waals surface area contributed by atoms with E-state index in [-0.39, 0.29) is 10.4 Å². The third-order valence-electron chi connectivity index (χ3n) is 4.92. The van der Waals surface area contributed by atoms with Crippen LogP contribution in [0.25, 0.3) is 5.57 Å². The molecule has 2 aliphatic rings. The van der Waals surface area contributed by atoms with Crippen LogP contribution >= 0.6 is 11.6 Å². The molecular weight excluding hydrogens is 352 g/mol. The number of urea groups is 1. The van der Waals surface area contributed by atoms with Gasteiger partial charge in [0.05, 0.1) is 18.7 Å². The molecule has 2 atom stereocenters. The van der Waals surface area contributed by atoms with Crippen molar-refractivity contribution in [2.45, 2.75) is 19.3 Å². The Morgan fingerprint density at radius 3 is 2.46 bits per heavy atom. The molecule has 0 saturated carbocycles. The SMILES string of the molecule is CC(C)C[N+]1(C(N)=O)C=C2C(C(N)=O)=C(c3ccccc3)C(Cl)N2CC1. The Labute approximate surface area is 158 Å². The molecule has 26 heavy (non-hydrogen) atoms. The lowest BCUT2D eigenvalue weighted by Crippen LogP contribution is -2.59. The number of amides is 3. The number of alkyl halides is 1. The molecule has 0 radical (unpaired) electrons. The maximum atomic E-state index is 12.3. The van der Waals surface area contributed by atoms with Gasteiger partial charge in [-0.15, -0.1) is 0 Å². The van der Waals surface area contributed by atoms with Gasteiger partial charge in [0.15, 0.2) is 0 Å². The average Bonchev–Trinajstić information content (AvgIpc) is 2.87. The van der Waals surface area contributed by atoms with E-state index >= 15 is 0 Å². The van der Waals surface area contributed by atoms with Crippen molar-refractivity contribution in [1.29, 1.82) is 0 Å². The molecule has 3 rings (SSSR count). The van der Waals surface area contributed by atoms with Gasteiger partial charge < -0.3 is 16.4 Å².